The summed E-state index contributed by atoms with van der Waals surface area (Å²) in [4.78, 5) is 4.46. The van der Waals surface area contributed by atoms with Gasteiger partial charge in [-0.15, -0.1) is 0 Å². The van der Waals surface area contributed by atoms with Crippen LogP contribution in [0.1, 0.15) is 6.92 Å². The number of para-hydroxylation sites is 2. The third kappa shape index (κ3) is 1.80. The van der Waals surface area contributed by atoms with Gasteiger partial charge in [0.1, 0.15) is 0 Å². The Kier molecular flexibility index (Phi) is 2.87. The van der Waals surface area contributed by atoms with Crippen molar-refractivity contribution in [3.63, 3.8) is 0 Å². The number of rotatable bonds is 4. The van der Waals surface area contributed by atoms with E-state index in [1.54, 1.807) is 0 Å². The van der Waals surface area contributed by atoms with Crippen LogP contribution in [-0.2, 0) is 6.54 Å². The SMILES string of the molecule is CCn1c(NCCO)nc2ccccc21. The summed E-state index contributed by atoms with van der Waals surface area (Å²) in [6, 6.07) is 8.03. The molecule has 1 aromatic carbocycles. The number of aromatic nitrogens is 2. The van der Waals surface area contributed by atoms with Crippen molar-refractivity contribution in [3.05, 3.63) is 24.3 Å². The second-order valence-corrected chi connectivity index (χ2v) is 3.32. The Labute approximate surface area is 88.6 Å². The van der Waals surface area contributed by atoms with Gasteiger partial charge >= 0.3 is 0 Å². The average Bonchev–Trinajstić information content (AvgIpc) is 2.63. The van der Waals surface area contributed by atoms with Crippen LogP contribution in [0, 0.1) is 0 Å². The van der Waals surface area contributed by atoms with E-state index in [0.717, 1.165) is 23.5 Å². The van der Waals surface area contributed by atoms with Gasteiger partial charge in [-0.05, 0) is 19.1 Å². The van der Waals surface area contributed by atoms with Crippen molar-refractivity contribution >= 4 is 17.0 Å². The van der Waals surface area contributed by atoms with Crippen LogP contribution in [0.25, 0.3) is 11.0 Å². The molecule has 1 aromatic heterocycles. The Morgan fingerprint density at radius 3 is 2.93 bits per heavy atom. The summed E-state index contributed by atoms with van der Waals surface area (Å²) in [7, 11) is 0. The quantitative estimate of drug-likeness (QED) is 0.794. The van der Waals surface area contributed by atoms with Crippen molar-refractivity contribution in [2.45, 2.75) is 13.5 Å². The summed E-state index contributed by atoms with van der Waals surface area (Å²) in [5.41, 5.74) is 2.11. The largest absolute Gasteiger partial charge is 0.395 e. The van der Waals surface area contributed by atoms with Crippen LogP contribution in [0.2, 0.25) is 0 Å². The zero-order valence-electron chi connectivity index (χ0n) is 8.77. The maximum absolute atomic E-state index is 8.77. The van der Waals surface area contributed by atoms with E-state index >= 15 is 0 Å². The molecule has 0 amide bonds. The highest BCUT2D eigenvalue weighted by atomic mass is 16.3. The van der Waals surface area contributed by atoms with Gasteiger partial charge in [0.25, 0.3) is 0 Å². The van der Waals surface area contributed by atoms with Gasteiger partial charge in [-0.2, -0.15) is 0 Å². The van der Waals surface area contributed by atoms with Crippen LogP contribution in [0.5, 0.6) is 0 Å². The smallest absolute Gasteiger partial charge is 0.203 e. The van der Waals surface area contributed by atoms with Gasteiger partial charge in [-0.1, -0.05) is 12.1 Å². The van der Waals surface area contributed by atoms with Gasteiger partial charge in [0, 0.05) is 13.1 Å². The van der Waals surface area contributed by atoms with E-state index in [0.29, 0.717) is 6.54 Å². The van der Waals surface area contributed by atoms with E-state index in [-0.39, 0.29) is 6.61 Å². The predicted octanol–water partition coefficient (Wildman–Crippen LogP) is 1.46. The van der Waals surface area contributed by atoms with Gasteiger partial charge in [0.15, 0.2) is 0 Å². The number of benzene rings is 1. The molecule has 0 radical (unpaired) electrons. The second-order valence-electron chi connectivity index (χ2n) is 3.32. The van der Waals surface area contributed by atoms with Crippen molar-refractivity contribution in [2.24, 2.45) is 0 Å². The lowest BCUT2D eigenvalue weighted by Crippen LogP contribution is -2.10. The molecule has 0 aliphatic rings. The van der Waals surface area contributed by atoms with Crippen molar-refractivity contribution < 1.29 is 5.11 Å². The van der Waals surface area contributed by atoms with Crippen LogP contribution in [0.3, 0.4) is 0 Å². The first-order chi connectivity index (χ1) is 7.36. The van der Waals surface area contributed by atoms with Crippen LogP contribution in [0.15, 0.2) is 24.3 Å². The molecule has 0 saturated heterocycles. The number of anilines is 1. The van der Waals surface area contributed by atoms with Crippen molar-refractivity contribution in [1.82, 2.24) is 9.55 Å². The van der Waals surface area contributed by atoms with Gasteiger partial charge < -0.3 is 15.0 Å². The number of nitrogens with zero attached hydrogens (tertiary/aromatic N) is 2. The first-order valence-electron chi connectivity index (χ1n) is 5.16. The molecule has 0 spiro atoms. The fourth-order valence-corrected chi connectivity index (χ4v) is 1.70. The van der Waals surface area contributed by atoms with Crippen LogP contribution >= 0.6 is 0 Å². The monoisotopic (exact) mass is 205 g/mol. The van der Waals surface area contributed by atoms with E-state index in [2.05, 4.69) is 27.9 Å². The number of hydrogen-bond acceptors (Lipinski definition) is 3. The lowest BCUT2D eigenvalue weighted by Gasteiger charge is -2.06. The summed E-state index contributed by atoms with van der Waals surface area (Å²) >= 11 is 0. The molecule has 80 valence electrons. The number of nitrogens with one attached hydrogen (secondary N) is 1. The summed E-state index contributed by atoms with van der Waals surface area (Å²) in [5.74, 6) is 0.827. The number of hydrogen-bond donors (Lipinski definition) is 2. The summed E-state index contributed by atoms with van der Waals surface area (Å²) in [5, 5.41) is 11.9. The van der Waals surface area contributed by atoms with Crippen LogP contribution < -0.4 is 5.32 Å². The molecule has 0 aliphatic heterocycles. The minimum absolute atomic E-state index is 0.118. The van der Waals surface area contributed by atoms with E-state index in [9.17, 15) is 0 Å². The maximum atomic E-state index is 8.77. The van der Waals surface area contributed by atoms with Gasteiger partial charge in [0.05, 0.1) is 17.6 Å². The Morgan fingerprint density at radius 2 is 2.20 bits per heavy atom. The highest BCUT2D eigenvalue weighted by Crippen LogP contribution is 2.18. The molecule has 4 nitrogen and oxygen atoms in total. The Bertz CT molecular complexity index is 450. The maximum Gasteiger partial charge on any atom is 0.203 e. The fraction of sp³-hybridized carbons (Fsp3) is 0.364. The number of aliphatic hydroxyl groups is 1. The first kappa shape index (κ1) is 9.98. The molecule has 0 fully saturated rings. The Balaban J connectivity index is 2.44. The minimum Gasteiger partial charge on any atom is -0.395 e. The number of aliphatic hydroxyl groups excluding tert-OH is 1. The standard InChI is InChI=1S/C11H15N3O/c1-2-14-10-6-4-3-5-9(10)13-11(14)12-7-8-15/h3-6,15H,2,7-8H2,1H3,(H,12,13). The number of fused-ring (bicyclic) bond motifs is 1. The van der Waals surface area contributed by atoms with Crippen LogP contribution in [-0.4, -0.2) is 27.8 Å². The zero-order chi connectivity index (χ0) is 10.7. The molecule has 2 rings (SSSR count). The molecule has 0 atom stereocenters. The molecular formula is C11H15N3O. The molecule has 4 heteroatoms. The lowest BCUT2D eigenvalue weighted by atomic mass is 10.3. The lowest BCUT2D eigenvalue weighted by molar-refractivity contribution is 0.310. The fourth-order valence-electron chi connectivity index (χ4n) is 1.70. The van der Waals surface area contributed by atoms with E-state index in [1.165, 1.54) is 0 Å². The molecule has 0 aliphatic carbocycles. The van der Waals surface area contributed by atoms with Gasteiger partial charge in [-0.3, -0.25) is 0 Å². The summed E-state index contributed by atoms with van der Waals surface area (Å²) in [6.07, 6.45) is 0. The molecular weight excluding hydrogens is 190 g/mol. The van der Waals surface area contributed by atoms with E-state index in [1.807, 2.05) is 18.2 Å². The van der Waals surface area contributed by atoms with Crippen LogP contribution in [0.4, 0.5) is 5.95 Å². The molecule has 0 bridgehead atoms. The molecule has 2 aromatic rings. The van der Waals surface area contributed by atoms with Gasteiger partial charge in [-0.25, -0.2) is 4.98 Å². The summed E-state index contributed by atoms with van der Waals surface area (Å²) < 4.78 is 2.10. The van der Waals surface area contributed by atoms with Crippen molar-refractivity contribution in [2.75, 3.05) is 18.5 Å². The minimum atomic E-state index is 0.118. The topological polar surface area (TPSA) is 50.1 Å². The van der Waals surface area contributed by atoms with Crippen molar-refractivity contribution in [3.8, 4) is 0 Å². The zero-order valence-corrected chi connectivity index (χ0v) is 8.77. The van der Waals surface area contributed by atoms with Gasteiger partial charge in [0.2, 0.25) is 5.95 Å². The average molecular weight is 205 g/mol. The Hall–Kier alpha value is -1.55. The highest BCUT2D eigenvalue weighted by molar-refractivity contribution is 5.78. The molecule has 2 N–H and O–H groups in total. The molecule has 0 saturated carbocycles. The normalized spacial score (nSPS) is 10.8. The molecule has 1 heterocycles. The molecule has 0 unspecified atom stereocenters. The Morgan fingerprint density at radius 1 is 1.40 bits per heavy atom. The highest BCUT2D eigenvalue weighted by Gasteiger charge is 2.07. The predicted molar refractivity (Wildman–Crippen MR) is 61.0 cm³/mol. The number of imidazole rings is 1. The van der Waals surface area contributed by atoms with Crippen molar-refractivity contribution in [1.29, 1.82) is 0 Å². The second kappa shape index (κ2) is 4.31. The van der Waals surface area contributed by atoms with E-state index in [4.69, 9.17) is 5.11 Å². The first-order valence-corrected chi connectivity index (χ1v) is 5.16. The third-order valence-corrected chi connectivity index (χ3v) is 2.37. The third-order valence-electron chi connectivity index (χ3n) is 2.37. The van der Waals surface area contributed by atoms with E-state index < -0.39 is 0 Å². The molecule has 15 heavy (non-hydrogen) atoms. The summed E-state index contributed by atoms with van der Waals surface area (Å²) in [6.45, 7) is 3.60. The number of aryl methyl sites for hydroxylation is 1.